The highest BCUT2D eigenvalue weighted by Crippen LogP contribution is 2.24. The predicted molar refractivity (Wildman–Crippen MR) is 74.4 cm³/mol. The van der Waals surface area contributed by atoms with Crippen LogP contribution in [0.5, 0.6) is 0 Å². The number of nitrogens with zero attached hydrogens (tertiary/aromatic N) is 1. The lowest BCUT2D eigenvalue weighted by Crippen LogP contribution is -2.07. The van der Waals surface area contributed by atoms with Crippen molar-refractivity contribution in [1.82, 2.24) is 0 Å². The van der Waals surface area contributed by atoms with Crippen LogP contribution in [0, 0.1) is 0 Å². The van der Waals surface area contributed by atoms with Crippen LogP contribution in [0.4, 0.5) is 0 Å². The van der Waals surface area contributed by atoms with Crippen LogP contribution in [0.15, 0.2) is 35.8 Å². The second-order valence-corrected chi connectivity index (χ2v) is 4.81. The Bertz CT molecular complexity index is 405. The lowest BCUT2D eigenvalue weighted by Gasteiger charge is -2.02. The van der Waals surface area contributed by atoms with E-state index in [-0.39, 0.29) is 0 Å². The second-order valence-electron chi connectivity index (χ2n) is 3.00. The molecule has 0 aliphatic heterocycles. The van der Waals surface area contributed by atoms with E-state index in [0.717, 1.165) is 11.3 Å². The van der Waals surface area contributed by atoms with E-state index in [1.807, 2.05) is 12.1 Å². The molecule has 0 unspecified atom stereocenters. The molecular formula is C11H12Cl2N2S. The molecule has 1 rings (SSSR count). The van der Waals surface area contributed by atoms with Gasteiger partial charge in [0, 0.05) is 5.75 Å². The van der Waals surface area contributed by atoms with Crippen LogP contribution in [-0.2, 0) is 5.75 Å². The summed E-state index contributed by atoms with van der Waals surface area (Å²) < 4.78 is 0. The van der Waals surface area contributed by atoms with Gasteiger partial charge in [0.15, 0.2) is 5.17 Å². The van der Waals surface area contributed by atoms with Gasteiger partial charge in [-0.1, -0.05) is 47.1 Å². The van der Waals surface area contributed by atoms with Crippen molar-refractivity contribution in [3.8, 4) is 0 Å². The first-order chi connectivity index (χ1) is 7.63. The zero-order chi connectivity index (χ0) is 12.0. The third-order valence-corrected chi connectivity index (χ3v) is 3.39. The topological polar surface area (TPSA) is 38.4 Å². The largest absolute Gasteiger partial charge is 0.379 e. The molecule has 0 amide bonds. The van der Waals surface area contributed by atoms with Gasteiger partial charge in [0.2, 0.25) is 0 Å². The van der Waals surface area contributed by atoms with Crippen molar-refractivity contribution in [1.29, 1.82) is 0 Å². The number of halogens is 2. The molecule has 0 atom stereocenters. The maximum Gasteiger partial charge on any atom is 0.154 e. The van der Waals surface area contributed by atoms with Crippen LogP contribution >= 0.6 is 35.0 Å². The lowest BCUT2D eigenvalue weighted by molar-refractivity contribution is 1.25. The molecule has 0 bridgehead atoms. The SMILES string of the molecule is C=CCN=C(N)SCc1ccc(Cl)c(Cl)c1. The van der Waals surface area contributed by atoms with E-state index in [9.17, 15) is 0 Å². The van der Waals surface area contributed by atoms with E-state index in [0.29, 0.717) is 21.8 Å². The molecule has 0 fully saturated rings. The number of hydrogen-bond donors (Lipinski definition) is 1. The molecular weight excluding hydrogens is 263 g/mol. The van der Waals surface area contributed by atoms with E-state index in [4.69, 9.17) is 28.9 Å². The number of amidine groups is 1. The molecule has 0 aromatic heterocycles. The molecule has 1 aromatic carbocycles. The number of rotatable bonds is 4. The fraction of sp³-hybridized carbons (Fsp3) is 0.182. The summed E-state index contributed by atoms with van der Waals surface area (Å²) in [6, 6.07) is 5.52. The molecule has 0 aliphatic carbocycles. The number of nitrogens with two attached hydrogens (primary N) is 1. The Labute approximate surface area is 110 Å². The highest BCUT2D eigenvalue weighted by molar-refractivity contribution is 8.13. The fourth-order valence-electron chi connectivity index (χ4n) is 0.987. The third kappa shape index (κ3) is 4.47. The smallest absolute Gasteiger partial charge is 0.154 e. The molecule has 1 aromatic rings. The van der Waals surface area contributed by atoms with Crippen molar-refractivity contribution >= 4 is 40.1 Å². The third-order valence-electron chi connectivity index (χ3n) is 1.75. The zero-order valence-corrected chi connectivity index (χ0v) is 10.9. The molecule has 86 valence electrons. The Morgan fingerprint density at radius 2 is 2.19 bits per heavy atom. The zero-order valence-electron chi connectivity index (χ0n) is 8.62. The van der Waals surface area contributed by atoms with Gasteiger partial charge in [-0.05, 0) is 17.7 Å². The number of benzene rings is 1. The Morgan fingerprint density at radius 1 is 1.44 bits per heavy atom. The highest BCUT2D eigenvalue weighted by atomic mass is 35.5. The van der Waals surface area contributed by atoms with Gasteiger partial charge in [0.1, 0.15) is 0 Å². The van der Waals surface area contributed by atoms with Crippen molar-refractivity contribution in [3.63, 3.8) is 0 Å². The number of thioether (sulfide) groups is 1. The second kappa shape index (κ2) is 6.84. The van der Waals surface area contributed by atoms with Crippen molar-refractivity contribution in [2.45, 2.75) is 5.75 Å². The minimum Gasteiger partial charge on any atom is -0.379 e. The minimum absolute atomic E-state index is 0.542. The van der Waals surface area contributed by atoms with Crippen LogP contribution < -0.4 is 5.73 Å². The average Bonchev–Trinajstić information content (AvgIpc) is 2.28. The average molecular weight is 275 g/mol. The first-order valence-electron chi connectivity index (χ1n) is 4.61. The van der Waals surface area contributed by atoms with Crippen LogP contribution in [-0.4, -0.2) is 11.7 Å². The molecule has 16 heavy (non-hydrogen) atoms. The Kier molecular flexibility index (Phi) is 5.74. The molecule has 0 saturated carbocycles. The van der Waals surface area contributed by atoms with Gasteiger partial charge >= 0.3 is 0 Å². The van der Waals surface area contributed by atoms with Crippen LogP contribution in [0.3, 0.4) is 0 Å². The quantitative estimate of drug-likeness (QED) is 0.516. The van der Waals surface area contributed by atoms with E-state index in [1.165, 1.54) is 11.8 Å². The summed E-state index contributed by atoms with van der Waals surface area (Å²) in [7, 11) is 0. The summed E-state index contributed by atoms with van der Waals surface area (Å²) in [5, 5.41) is 1.66. The normalized spacial score (nSPS) is 11.5. The predicted octanol–water partition coefficient (Wildman–Crippen LogP) is 3.73. The summed E-state index contributed by atoms with van der Waals surface area (Å²) >= 11 is 13.2. The molecule has 0 heterocycles. The standard InChI is InChI=1S/C11H12Cl2N2S/c1-2-5-15-11(14)16-7-8-3-4-9(12)10(13)6-8/h2-4,6H,1,5,7H2,(H2,14,15). The fourth-order valence-corrected chi connectivity index (χ4v) is 1.97. The summed E-state index contributed by atoms with van der Waals surface area (Å²) in [4.78, 5) is 4.08. The molecule has 0 aliphatic rings. The summed E-state index contributed by atoms with van der Waals surface area (Å²) in [5.41, 5.74) is 6.75. The Balaban J connectivity index is 2.54. The molecule has 0 saturated heterocycles. The maximum absolute atomic E-state index is 5.90. The number of hydrogen-bond acceptors (Lipinski definition) is 2. The summed E-state index contributed by atoms with van der Waals surface area (Å²) in [6.45, 7) is 4.11. The summed E-state index contributed by atoms with van der Waals surface area (Å²) in [5.74, 6) is 0.726. The number of aliphatic imine (C=N–C) groups is 1. The maximum atomic E-state index is 5.90. The van der Waals surface area contributed by atoms with Crippen LogP contribution in [0.1, 0.15) is 5.56 Å². The van der Waals surface area contributed by atoms with Crippen LogP contribution in [0.2, 0.25) is 10.0 Å². The monoisotopic (exact) mass is 274 g/mol. The molecule has 0 radical (unpaired) electrons. The first kappa shape index (κ1) is 13.4. The van der Waals surface area contributed by atoms with Crippen molar-refractivity contribution < 1.29 is 0 Å². The molecule has 0 spiro atoms. The summed E-state index contributed by atoms with van der Waals surface area (Å²) in [6.07, 6.45) is 1.70. The van der Waals surface area contributed by atoms with Gasteiger partial charge in [-0.25, -0.2) is 0 Å². The van der Waals surface area contributed by atoms with Crippen molar-refractivity contribution in [3.05, 3.63) is 46.5 Å². The van der Waals surface area contributed by atoms with Gasteiger partial charge in [0.05, 0.1) is 16.6 Å². The lowest BCUT2D eigenvalue weighted by atomic mass is 10.2. The van der Waals surface area contributed by atoms with Crippen LogP contribution in [0.25, 0.3) is 0 Å². The van der Waals surface area contributed by atoms with Gasteiger partial charge in [-0.15, -0.1) is 6.58 Å². The first-order valence-corrected chi connectivity index (χ1v) is 6.35. The Morgan fingerprint density at radius 3 is 2.81 bits per heavy atom. The van der Waals surface area contributed by atoms with E-state index >= 15 is 0 Å². The Hall–Kier alpha value is -0.640. The molecule has 5 heteroatoms. The van der Waals surface area contributed by atoms with E-state index in [1.54, 1.807) is 12.1 Å². The van der Waals surface area contributed by atoms with Gasteiger partial charge < -0.3 is 5.73 Å². The van der Waals surface area contributed by atoms with Gasteiger partial charge in [0.25, 0.3) is 0 Å². The van der Waals surface area contributed by atoms with Gasteiger partial charge in [-0.3, -0.25) is 4.99 Å². The van der Waals surface area contributed by atoms with Crippen molar-refractivity contribution in [2.24, 2.45) is 10.7 Å². The molecule has 2 nitrogen and oxygen atoms in total. The molecule has 2 N–H and O–H groups in total. The van der Waals surface area contributed by atoms with Crippen molar-refractivity contribution in [2.75, 3.05) is 6.54 Å². The van der Waals surface area contributed by atoms with Gasteiger partial charge in [-0.2, -0.15) is 0 Å². The van der Waals surface area contributed by atoms with E-state index < -0.39 is 0 Å². The highest BCUT2D eigenvalue weighted by Gasteiger charge is 2.01. The minimum atomic E-state index is 0.542. The van der Waals surface area contributed by atoms with E-state index in [2.05, 4.69) is 11.6 Å².